The van der Waals surface area contributed by atoms with Gasteiger partial charge in [-0.2, -0.15) is 0 Å². The first-order valence-electron chi connectivity index (χ1n) is 23.6. The predicted octanol–water partition coefficient (Wildman–Crippen LogP) is 4.53. The minimum atomic E-state index is -1.38. The zero-order chi connectivity index (χ0) is 53.8. The Morgan fingerprint density at radius 3 is 0.742 bits per heavy atom. The van der Waals surface area contributed by atoms with E-state index in [-0.39, 0.29) is 39.1 Å². The van der Waals surface area contributed by atoms with Crippen LogP contribution in [0.5, 0.6) is 0 Å². The second-order valence-electron chi connectivity index (χ2n) is 24.7. The number of ether oxygens (including phenoxy) is 3. The number of carbonyl (C=O) groups is 1. The minimum absolute atomic E-state index is 0.0156. The molecule has 3 aliphatic rings. The van der Waals surface area contributed by atoms with Crippen molar-refractivity contribution in [1.29, 1.82) is 0 Å². The molecule has 0 aromatic heterocycles. The molecule has 0 saturated carbocycles. The topological polar surface area (TPSA) is 288 Å². The lowest BCUT2D eigenvalue weighted by Crippen LogP contribution is -2.45. The number of aliphatic hydroxyl groups excluding tert-OH is 12. The fraction of sp³-hybridized carbons (Fsp3) is 0.980. The fourth-order valence-electron chi connectivity index (χ4n) is 6.61. The lowest BCUT2D eigenvalue weighted by Gasteiger charge is -2.50. The van der Waals surface area contributed by atoms with Gasteiger partial charge in [-0.15, -0.1) is 0 Å². The van der Waals surface area contributed by atoms with Gasteiger partial charge in [0.05, 0.1) is 19.3 Å². The van der Waals surface area contributed by atoms with Gasteiger partial charge in [0.25, 0.3) is 0 Å². The van der Waals surface area contributed by atoms with Gasteiger partial charge in [0.2, 0.25) is 0 Å². The van der Waals surface area contributed by atoms with Crippen molar-refractivity contribution in [1.82, 2.24) is 0 Å². The Morgan fingerprint density at radius 2 is 0.652 bits per heavy atom. The van der Waals surface area contributed by atoms with E-state index in [0.29, 0.717) is 22.7 Å². The SMILES string of the molecule is CC(C)(C)C(C)(C)C(C)(C)C=O.CC(C)(C)C(C)(C)C(C)(C)CO.CCC(C)(C)C(C)(C)C(C)(C)C.CCC1OC(O)C(O)C1O.OCC1OC(O)C(O)C1O.OCC1OC(O)C(O)C1O. The van der Waals surface area contributed by atoms with Crippen molar-refractivity contribution in [3.8, 4) is 0 Å². The van der Waals surface area contributed by atoms with E-state index in [1.54, 1.807) is 0 Å². The molecule has 3 saturated heterocycles. The standard InChI is InChI=1S/C12H26.C11H24O.C11H22O.C6H12O4.2C5H10O5/c1-9-11(5,6)12(7,8)10(2,3)4;2*1-9(2,3)11(6,7)10(4,5)8-12;1-2-3-4(7)5(8)6(9)10-3;2*6-1-2-3(7)4(8)5(9)10-2/h9H2,1-8H3;12H,8H2,1-7H3;8H,1-7H3;3-9H,2H2,1H3;2*2-9H,1H2. The van der Waals surface area contributed by atoms with E-state index < -0.39 is 87.0 Å². The molecule has 0 radical (unpaired) electrons. The van der Waals surface area contributed by atoms with Crippen molar-refractivity contribution in [3.05, 3.63) is 0 Å². The highest BCUT2D eigenvalue weighted by molar-refractivity contribution is 5.59. The van der Waals surface area contributed by atoms with E-state index in [0.717, 1.165) is 6.29 Å². The number of hydrogen-bond acceptors (Lipinski definition) is 16. The van der Waals surface area contributed by atoms with Crippen LogP contribution in [0.4, 0.5) is 0 Å². The Kier molecular flexibility index (Phi) is 27.8. The van der Waals surface area contributed by atoms with E-state index in [4.69, 9.17) is 60.9 Å². The monoisotopic (exact) mass is 961 g/mol. The van der Waals surface area contributed by atoms with Crippen molar-refractivity contribution >= 4 is 6.29 Å². The quantitative estimate of drug-likeness (QED) is 0.141. The highest BCUT2D eigenvalue weighted by Gasteiger charge is 2.47. The number of aliphatic hydroxyl groups is 12. The molecule has 0 aromatic carbocycles. The summed E-state index contributed by atoms with van der Waals surface area (Å²) in [6.07, 6.45) is -10.3. The van der Waals surface area contributed by atoms with Crippen LogP contribution in [-0.4, -0.2) is 161 Å². The molecule has 0 aliphatic carbocycles. The molecule has 3 heterocycles. The van der Waals surface area contributed by atoms with Crippen LogP contribution in [-0.2, 0) is 19.0 Å². The molecule has 0 aromatic rings. The zero-order valence-corrected chi connectivity index (χ0v) is 45.5. The van der Waals surface area contributed by atoms with Gasteiger partial charge in [-0.25, -0.2) is 0 Å². The van der Waals surface area contributed by atoms with E-state index in [1.807, 2.05) is 20.8 Å². The average molecular weight is 961 g/mol. The molecule has 12 N–H and O–H groups in total. The third kappa shape index (κ3) is 18.0. The summed E-state index contributed by atoms with van der Waals surface area (Å²) in [7, 11) is 0. The Morgan fingerprint density at radius 1 is 0.394 bits per heavy atom. The Balaban J connectivity index is -0.000000722. The highest BCUT2D eigenvalue weighted by atomic mass is 16.7. The molecule has 16 nitrogen and oxygen atoms in total. The van der Waals surface area contributed by atoms with Gasteiger partial charge >= 0.3 is 0 Å². The summed E-state index contributed by atoms with van der Waals surface area (Å²) in [5.74, 6) is 0. The Hall–Kier alpha value is -0.930. The molecule has 3 aliphatic heterocycles. The van der Waals surface area contributed by atoms with E-state index in [2.05, 4.69) is 148 Å². The van der Waals surface area contributed by atoms with Gasteiger partial charge in [-0.3, -0.25) is 0 Å². The molecule has 3 fully saturated rings. The molecular formula is C50H104O16. The van der Waals surface area contributed by atoms with Crippen LogP contribution in [0.2, 0.25) is 0 Å². The third-order valence-corrected chi connectivity index (χ3v) is 17.0. The van der Waals surface area contributed by atoms with Gasteiger partial charge in [-0.05, 0) is 49.7 Å². The smallest absolute Gasteiger partial charge is 0.184 e. The van der Waals surface area contributed by atoms with Gasteiger partial charge in [0.1, 0.15) is 55.1 Å². The van der Waals surface area contributed by atoms with E-state index in [9.17, 15) is 9.90 Å². The molecule has 0 amide bonds. The number of rotatable bonds is 9. The Labute approximate surface area is 400 Å². The van der Waals surface area contributed by atoms with Crippen molar-refractivity contribution < 1.29 is 80.3 Å². The lowest BCUT2D eigenvalue weighted by molar-refractivity contribution is -0.133. The van der Waals surface area contributed by atoms with Crippen LogP contribution in [0, 0.1) is 48.7 Å². The minimum Gasteiger partial charge on any atom is -0.396 e. The number of hydrogen-bond donors (Lipinski definition) is 12. The van der Waals surface area contributed by atoms with Crippen molar-refractivity contribution in [2.75, 3.05) is 19.8 Å². The normalized spacial score (nSPS) is 29.9. The van der Waals surface area contributed by atoms with Crippen LogP contribution in [0.15, 0.2) is 0 Å². The molecule has 0 spiro atoms. The maximum atomic E-state index is 10.9. The summed E-state index contributed by atoms with van der Waals surface area (Å²) < 4.78 is 13.9. The molecule has 3 rings (SSSR count). The summed E-state index contributed by atoms with van der Waals surface area (Å²) >= 11 is 0. The van der Waals surface area contributed by atoms with Crippen LogP contribution < -0.4 is 0 Å². The highest BCUT2D eigenvalue weighted by Crippen LogP contribution is 2.53. The fourth-order valence-corrected chi connectivity index (χ4v) is 6.61. The van der Waals surface area contributed by atoms with Crippen molar-refractivity contribution in [3.63, 3.8) is 0 Å². The third-order valence-electron chi connectivity index (χ3n) is 17.0. The van der Waals surface area contributed by atoms with Crippen LogP contribution in [0.25, 0.3) is 0 Å². The van der Waals surface area contributed by atoms with E-state index >= 15 is 0 Å². The van der Waals surface area contributed by atoms with E-state index in [1.165, 1.54) is 6.42 Å². The summed E-state index contributed by atoms with van der Waals surface area (Å²) in [5.41, 5.74) is 1.43. The summed E-state index contributed by atoms with van der Waals surface area (Å²) in [6, 6.07) is 0. The van der Waals surface area contributed by atoms with Crippen LogP contribution >= 0.6 is 0 Å². The van der Waals surface area contributed by atoms with Crippen LogP contribution in [0.1, 0.15) is 172 Å². The van der Waals surface area contributed by atoms with Gasteiger partial charge < -0.3 is 80.3 Å². The molecule has 0 bridgehead atoms. The molecule has 12 atom stereocenters. The largest absolute Gasteiger partial charge is 0.396 e. The lowest BCUT2D eigenvalue weighted by atomic mass is 9.55. The first-order chi connectivity index (χ1) is 29.2. The maximum absolute atomic E-state index is 10.9. The van der Waals surface area contributed by atoms with Crippen molar-refractivity contribution in [2.24, 2.45) is 48.7 Å². The maximum Gasteiger partial charge on any atom is 0.184 e. The summed E-state index contributed by atoms with van der Waals surface area (Å²) in [6.45, 7) is 50.3. The molecule has 16 heteroatoms. The number of aldehydes is 1. The molecular weight excluding hydrogens is 857 g/mol. The summed E-state index contributed by atoms with van der Waals surface area (Å²) in [5, 5.41) is 106. The number of carbonyl (C=O) groups excluding carboxylic acids is 1. The second kappa shape index (κ2) is 26.5. The second-order valence-corrected chi connectivity index (χ2v) is 24.7. The molecule has 400 valence electrons. The first-order valence-corrected chi connectivity index (χ1v) is 23.6. The zero-order valence-electron chi connectivity index (χ0n) is 45.5. The Bertz CT molecular complexity index is 1240. The summed E-state index contributed by atoms with van der Waals surface area (Å²) in [4.78, 5) is 10.9. The van der Waals surface area contributed by atoms with Gasteiger partial charge in [0, 0.05) is 12.0 Å². The first kappa shape index (κ1) is 69.3. The molecule has 12 unspecified atom stereocenters. The average Bonchev–Trinajstić information content (AvgIpc) is 3.72. The van der Waals surface area contributed by atoms with Gasteiger partial charge in [-0.1, -0.05) is 166 Å². The predicted molar refractivity (Wildman–Crippen MR) is 258 cm³/mol. The van der Waals surface area contributed by atoms with Crippen LogP contribution in [0.3, 0.4) is 0 Å². The molecule has 66 heavy (non-hydrogen) atoms. The van der Waals surface area contributed by atoms with Gasteiger partial charge in [0.15, 0.2) is 18.9 Å². The van der Waals surface area contributed by atoms with Crippen molar-refractivity contribution in [2.45, 2.75) is 246 Å².